The van der Waals surface area contributed by atoms with Crippen LogP contribution in [0.15, 0.2) is 53.7 Å². The first kappa shape index (κ1) is 23.5. The van der Waals surface area contributed by atoms with Gasteiger partial charge in [-0.3, -0.25) is 15.0 Å². The quantitative estimate of drug-likeness (QED) is 0.422. The molecule has 1 fully saturated rings. The highest BCUT2D eigenvalue weighted by Crippen LogP contribution is 2.35. The van der Waals surface area contributed by atoms with E-state index in [1.165, 1.54) is 29.3 Å². The molecule has 1 amide bonds. The Bertz CT molecular complexity index is 1350. The van der Waals surface area contributed by atoms with Crippen LogP contribution in [-0.4, -0.2) is 51.6 Å². The number of carbonyl (C=O) groups is 1. The number of hydrogen-bond acceptors (Lipinski definition) is 8. The van der Waals surface area contributed by atoms with Crippen molar-refractivity contribution in [2.45, 2.75) is 50.3 Å². The van der Waals surface area contributed by atoms with Crippen molar-refractivity contribution in [2.75, 3.05) is 11.9 Å². The minimum Gasteiger partial charge on any atom is -0.444 e. The molecule has 1 saturated heterocycles. The second kappa shape index (κ2) is 8.60. The second-order valence-electron chi connectivity index (χ2n) is 8.92. The molecule has 12 heteroatoms. The Balaban J connectivity index is 1.76. The monoisotopic (exact) mass is 487 g/mol. The SMILES string of the molecule is CC(C)(C)OC(=O)N1CCCC1Nc1c([N+](=O)[O-])cnc2c1ccn2S(=O)(=O)c1ccccc1. The van der Waals surface area contributed by atoms with E-state index in [4.69, 9.17) is 4.74 Å². The van der Waals surface area contributed by atoms with E-state index in [0.29, 0.717) is 19.4 Å². The van der Waals surface area contributed by atoms with Gasteiger partial charge in [0, 0.05) is 12.7 Å². The normalized spacial score (nSPS) is 16.6. The minimum atomic E-state index is -3.97. The number of rotatable bonds is 5. The molecule has 3 heterocycles. The van der Waals surface area contributed by atoms with Gasteiger partial charge in [0.25, 0.3) is 10.0 Å². The second-order valence-corrected chi connectivity index (χ2v) is 10.7. The topological polar surface area (TPSA) is 137 Å². The molecule has 1 atom stereocenters. The maximum Gasteiger partial charge on any atom is 0.411 e. The van der Waals surface area contributed by atoms with Crippen LogP contribution in [0.5, 0.6) is 0 Å². The van der Waals surface area contributed by atoms with Crippen LogP contribution in [0.2, 0.25) is 0 Å². The van der Waals surface area contributed by atoms with Gasteiger partial charge in [0.1, 0.15) is 23.7 Å². The first-order valence-corrected chi connectivity index (χ1v) is 12.1. The number of pyridine rings is 1. The van der Waals surface area contributed by atoms with Crippen molar-refractivity contribution in [2.24, 2.45) is 0 Å². The number of likely N-dealkylation sites (tertiary alicyclic amines) is 1. The number of aromatic nitrogens is 2. The number of anilines is 1. The lowest BCUT2D eigenvalue weighted by atomic mass is 10.2. The lowest BCUT2D eigenvalue weighted by molar-refractivity contribution is -0.384. The Morgan fingerprint density at radius 1 is 1.24 bits per heavy atom. The zero-order chi connectivity index (χ0) is 24.7. The third-order valence-electron chi connectivity index (χ3n) is 5.35. The van der Waals surface area contributed by atoms with Crippen LogP contribution in [0.4, 0.5) is 16.2 Å². The molecule has 3 aromatic rings. The molecular weight excluding hydrogens is 462 g/mol. The summed E-state index contributed by atoms with van der Waals surface area (Å²) < 4.78 is 32.8. The highest BCUT2D eigenvalue weighted by atomic mass is 32.2. The van der Waals surface area contributed by atoms with Gasteiger partial charge in [-0.15, -0.1) is 0 Å². The number of nitro groups is 1. The van der Waals surface area contributed by atoms with Crippen LogP contribution >= 0.6 is 0 Å². The van der Waals surface area contributed by atoms with Crippen LogP contribution < -0.4 is 5.32 Å². The summed E-state index contributed by atoms with van der Waals surface area (Å²) in [5, 5.41) is 15.1. The first-order valence-electron chi connectivity index (χ1n) is 10.7. The number of nitrogens with zero attached hydrogens (tertiary/aromatic N) is 4. The molecule has 0 saturated carbocycles. The van der Waals surface area contributed by atoms with Crippen molar-refractivity contribution < 1.29 is 22.9 Å². The lowest BCUT2D eigenvalue weighted by Crippen LogP contribution is -2.43. The van der Waals surface area contributed by atoms with Gasteiger partial charge in [0.05, 0.1) is 15.2 Å². The van der Waals surface area contributed by atoms with Gasteiger partial charge < -0.3 is 10.1 Å². The lowest BCUT2D eigenvalue weighted by Gasteiger charge is -2.29. The first-order chi connectivity index (χ1) is 16.0. The van der Waals surface area contributed by atoms with Crippen molar-refractivity contribution in [1.82, 2.24) is 13.9 Å². The van der Waals surface area contributed by atoms with Gasteiger partial charge in [0.15, 0.2) is 5.65 Å². The standard InChI is InChI=1S/C22H25N5O6S/c1-22(2,3)33-21(28)25-12-7-10-18(25)24-19-16-11-13-26(20(16)23-14-17(19)27(29)30)34(31,32)15-8-5-4-6-9-15/h4-6,8-9,11,13-14,18H,7,10,12H2,1-3H3,(H,23,24). The molecule has 0 aliphatic carbocycles. The summed E-state index contributed by atoms with van der Waals surface area (Å²) in [6.45, 7) is 5.71. The predicted octanol–water partition coefficient (Wildman–Crippen LogP) is 3.95. The Morgan fingerprint density at radius 2 is 1.94 bits per heavy atom. The fourth-order valence-corrected chi connectivity index (χ4v) is 5.19. The summed E-state index contributed by atoms with van der Waals surface area (Å²) in [5.41, 5.74) is -0.877. The maximum absolute atomic E-state index is 13.2. The molecule has 1 unspecified atom stereocenters. The van der Waals surface area contributed by atoms with E-state index in [1.54, 1.807) is 39.0 Å². The Kier molecular flexibility index (Phi) is 5.94. The van der Waals surface area contributed by atoms with Gasteiger partial charge in [-0.05, 0) is 51.8 Å². The van der Waals surface area contributed by atoms with E-state index in [9.17, 15) is 23.3 Å². The number of nitrogens with one attached hydrogen (secondary N) is 1. The van der Waals surface area contributed by atoms with Crippen LogP contribution in [0.25, 0.3) is 11.0 Å². The summed E-state index contributed by atoms with van der Waals surface area (Å²) in [5.74, 6) is 0. The van der Waals surface area contributed by atoms with Gasteiger partial charge in [-0.1, -0.05) is 18.2 Å². The zero-order valence-electron chi connectivity index (χ0n) is 19.0. The molecule has 1 aromatic carbocycles. The molecule has 34 heavy (non-hydrogen) atoms. The molecule has 0 bridgehead atoms. The van der Waals surface area contributed by atoms with Gasteiger partial charge >= 0.3 is 11.8 Å². The van der Waals surface area contributed by atoms with Crippen molar-refractivity contribution >= 4 is 38.5 Å². The van der Waals surface area contributed by atoms with Gasteiger partial charge in [-0.2, -0.15) is 0 Å². The number of benzene rings is 1. The summed E-state index contributed by atoms with van der Waals surface area (Å²) in [4.78, 5) is 29.5. The zero-order valence-corrected chi connectivity index (χ0v) is 19.8. The smallest absolute Gasteiger partial charge is 0.411 e. The van der Waals surface area contributed by atoms with E-state index in [-0.39, 0.29) is 27.3 Å². The fourth-order valence-electron chi connectivity index (χ4n) is 3.87. The summed E-state index contributed by atoms with van der Waals surface area (Å²) in [6, 6.07) is 9.30. The van der Waals surface area contributed by atoms with E-state index in [2.05, 4.69) is 10.3 Å². The Hall–Kier alpha value is -3.67. The third kappa shape index (κ3) is 4.40. The van der Waals surface area contributed by atoms with Gasteiger partial charge in [0.2, 0.25) is 0 Å². The number of fused-ring (bicyclic) bond motifs is 1. The highest BCUT2D eigenvalue weighted by Gasteiger charge is 2.34. The van der Waals surface area contributed by atoms with E-state index >= 15 is 0 Å². The van der Waals surface area contributed by atoms with Crippen molar-refractivity contribution in [3.63, 3.8) is 0 Å². The number of carbonyl (C=O) groups excluding carboxylic acids is 1. The average molecular weight is 488 g/mol. The summed E-state index contributed by atoms with van der Waals surface area (Å²) in [7, 11) is -3.97. The molecule has 0 radical (unpaired) electrons. The molecule has 1 N–H and O–H groups in total. The number of ether oxygens (including phenoxy) is 1. The Labute approximate surface area is 196 Å². The van der Waals surface area contributed by atoms with Gasteiger partial charge in [-0.25, -0.2) is 22.2 Å². The van der Waals surface area contributed by atoms with Crippen LogP contribution in [-0.2, 0) is 14.8 Å². The predicted molar refractivity (Wildman–Crippen MR) is 125 cm³/mol. The summed E-state index contributed by atoms with van der Waals surface area (Å²) >= 11 is 0. The highest BCUT2D eigenvalue weighted by molar-refractivity contribution is 7.90. The van der Waals surface area contributed by atoms with Crippen LogP contribution in [0.1, 0.15) is 33.6 Å². The Morgan fingerprint density at radius 3 is 2.59 bits per heavy atom. The van der Waals surface area contributed by atoms with Crippen molar-refractivity contribution in [1.29, 1.82) is 0 Å². The molecule has 4 rings (SSSR count). The van der Waals surface area contributed by atoms with Crippen molar-refractivity contribution in [3.05, 3.63) is 58.9 Å². The molecule has 1 aliphatic rings. The fraction of sp³-hybridized carbons (Fsp3) is 0.364. The van der Waals surface area contributed by atoms with Crippen LogP contribution in [0, 0.1) is 10.1 Å². The number of amides is 1. The molecule has 1 aliphatic heterocycles. The molecule has 11 nitrogen and oxygen atoms in total. The van der Waals surface area contributed by atoms with E-state index in [1.807, 2.05) is 0 Å². The summed E-state index contributed by atoms with van der Waals surface area (Å²) in [6.07, 6.45) is 2.47. The molecule has 180 valence electrons. The minimum absolute atomic E-state index is 0.0405. The van der Waals surface area contributed by atoms with Crippen LogP contribution in [0.3, 0.4) is 0 Å². The molecule has 0 spiro atoms. The van der Waals surface area contributed by atoms with E-state index in [0.717, 1.165) is 10.2 Å². The molecule has 2 aromatic heterocycles. The molecular formula is C22H25N5O6S. The largest absolute Gasteiger partial charge is 0.444 e. The van der Waals surface area contributed by atoms with Crippen molar-refractivity contribution in [3.8, 4) is 0 Å². The van der Waals surface area contributed by atoms with E-state index < -0.39 is 32.8 Å². The average Bonchev–Trinajstić information content (AvgIpc) is 3.40. The third-order valence-corrected chi connectivity index (χ3v) is 7.03. The number of hydrogen-bond donors (Lipinski definition) is 1. The maximum atomic E-state index is 13.2.